The van der Waals surface area contributed by atoms with Crippen molar-refractivity contribution < 1.29 is 49.8 Å². The lowest BCUT2D eigenvalue weighted by Crippen LogP contribution is -2.83. The maximum atomic E-state index is 15.0. The molecule has 0 unspecified atom stereocenters. The Bertz CT molecular complexity index is 3270. The molecule has 2 atom stereocenters. The number of H-pyrrole nitrogens is 1. The summed E-state index contributed by atoms with van der Waals surface area (Å²) in [5.41, 5.74) is -6.90. The van der Waals surface area contributed by atoms with Crippen LogP contribution < -0.4 is 41.9 Å². The number of aromatic nitrogens is 4. The average Bonchev–Trinajstić information content (AvgIpc) is 1.27. The minimum atomic E-state index is -4.91. The fraction of sp³-hybridized carbons (Fsp3) is 0.366. The number of carbonyl (C=O) groups is 2. The van der Waals surface area contributed by atoms with Crippen molar-refractivity contribution in [3.8, 4) is 35.2 Å². The van der Waals surface area contributed by atoms with Crippen molar-refractivity contribution in [1.82, 2.24) is 30.6 Å². The van der Waals surface area contributed by atoms with Gasteiger partial charge in [-0.3, -0.25) is 9.59 Å². The summed E-state index contributed by atoms with van der Waals surface area (Å²) in [6, 6.07) is 4.57. The number of halogens is 8. The van der Waals surface area contributed by atoms with Gasteiger partial charge in [0.15, 0.2) is 5.54 Å². The number of hydrogen-bond acceptors (Lipinski definition) is 8. The van der Waals surface area contributed by atoms with Gasteiger partial charge in [0, 0.05) is 228 Å². The summed E-state index contributed by atoms with van der Waals surface area (Å²) in [6.07, 6.45) is -7.17. The van der Waals surface area contributed by atoms with Gasteiger partial charge in [-0.1, -0.05) is 23.7 Å². The van der Waals surface area contributed by atoms with Crippen molar-refractivity contribution in [1.29, 1.82) is 0 Å². The van der Waals surface area contributed by atoms with Crippen LogP contribution in [0.15, 0.2) is 58.4 Å². The first-order valence-corrected chi connectivity index (χ1v) is 26.7. The zero-order valence-corrected chi connectivity index (χ0v) is 47.4. The first kappa shape index (κ1) is 71.5. The van der Waals surface area contributed by atoms with Crippen molar-refractivity contribution >= 4 is 199 Å². The van der Waals surface area contributed by atoms with Crippen LogP contribution in [-0.4, -0.2) is 222 Å². The topological polar surface area (TPSA) is 181 Å². The Labute approximate surface area is 519 Å². The van der Waals surface area contributed by atoms with E-state index in [4.69, 9.17) is 114 Å². The molecule has 2 aliphatic carbocycles. The van der Waals surface area contributed by atoms with Crippen molar-refractivity contribution in [2.45, 2.75) is 68.2 Å². The molecule has 401 valence electrons. The van der Waals surface area contributed by atoms with Crippen LogP contribution in [0.25, 0.3) is 0 Å². The van der Waals surface area contributed by atoms with Crippen LogP contribution in [-0.2, 0) is 23.5 Å². The van der Waals surface area contributed by atoms with Crippen LogP contribution in [0.2, 0.25) is 0 Å². The molecule has 2 aromatic carbocycles. The van der Waals surface area contributed by atoms with Crippen LogP contribution in [0, 0.1) is 47.2 Å². The maximum Gasteiger partial charge on any atom is 0.427 e. The number of ether oxygens (including phenoxy) is 2. The number of carbonyl (C=O) groups excluding carboxylic acids is 2. The first-order chi connectivity index (χ1) is 40.2. The van der Waals surface area contributed by atoms with Gasteiger partial charge in [0.1, 0.15) is 23.1 Å². The second-order valence-electron chi connectivity index (χ2n) is 20.6. The molecule has 4 aliphatic rings. The third-order valence-electron chi connectivity index (χ3n) is 14.1. The molecule has 2 fully saturated rings. The first-order valence-electron chi connectivity index (χ1n) is 26.2. The molecular weight excluding hydrogens is 1120 g/mol. The lowest BCUT2D eigenvalue weighted by atomic mass is 8.36. The number of nitrogens with one attached hydrogen (secondary N) is 5. The molecule has 0 bridgehead atoms. The Morgan fingerprint density at radius 2 is 1.10 bits per heavy atom. The molecule has 2 aliphatic heterocycles. The number of rotatable bonds is 16. The summed E-state index contributed by atoms with van der Waals surface area (Å²) in [4.78, 5) is 46.5. The van der Waals surface area contributed by atoms with E-state index in [0.29, 0.717) is 12.7 Å². The number of benzene rings is 2. The second-order valence-corrected chi connectivity index (χ2v) is 20.9. The van der Waals surface area contributed by atoms with Crippen molar-refractivity contribution in [3.63, 3.8) is 0 Å². The highest BCUT2D eigenvalue weighted by Gasteiger charge is 2.60. The lowest BCUT2D eigenvalue weighted by Gasteiger charge is -2.45. The van der Waals surface area contributed by atoms with Crippen molar-refractivity contribution in [2.75, 3.05) is 24.9 Å². The van der Waals surface area contributed by atoms with E-state index in [1.54, 1.807) is 0 Å². The van der Waals surface area contributed by atoms with Crippen molar-refractivity contribution in [3.05, 3.63) is 103 Å². The molecule has 86 heavy (non-hydrogen) atoms. The van der Waals surface area contributed by atoms with E-state index in [2.05, 4.69) is 54.9 Å². The van der Waals surface area contributed by atoms with E-state index in [1.807, 2.05) is 5.32 Å². The van der Waals surface area contributed by atoms with Crippen molar-refractivity contribution in [2.24, 2.45) is 11.8 Å². The Morgan fingerprint density at radius 1 is 0.663 bits per heavy atom. The Kier molecular flexibility index (Phi) is 25.2. The molecule has 0 saturated heterocycles. The van der Waals surface area contributed by atoms with E-state index in [-0.39, 0.29) is 63.6 Å². The largest absolute Gasteiger partial charge is 0.495 e. The number of anilines is 2. The number of fused-ring (bicyclic) bond motifs is 2. The smallest absolute Gasteiger partial charge is 0.427 e. The van der Waals surface area contributed by atoms with Gasteiger partial charge >= 0.3 is 18.2 Å². The molecule has 0 spiro atoms. The molecule has 4 amide bonds. The summed E-state index contributed by atoms with van der Waals surface area (Å²) >= 11 is 5.56. The molecule has 8 rings (SSSR count). The molecule has 2 saturated carbocycles. The van der Waals surface area contributed by atoms with Crippen LogP contribution in [0.3, 0.4) is 0 Å². The van der Waals surface area contributed by atoms with E-state index in [0.717, 1.165) is 48.6 Å². The van der Waals surface area contributed by atoms with Crippen LogP contribution in [0.1, 0.15) is 54.9 Å². The van der Waals surface area contributed by atoms with E-state index in [9.17, 15) is 49.9 Å². The Hall–Kier alpha value is -5.25. The van der Waals surface area contributed by atoms with Gasteiger partial charge in [-0.25, -0.2) is 36.9 Å². The monoisotopic (exact) mass is 1160 g/mol. The van der Waals surface area contributed by atoms with Gasteiger partial charge in [-0.2, -0.15) is 23.4 Å². The molecule has 4 heterocycles. The van der Waals surface area contributed by atoms with Crippen LogP contribution in [0.4, 0.5) is 51.7 Å². The number of methoxy groups -OCH3 is 2. The quantitative estimate of drug-likeness (QED) is 0.0361. The lowest BCUT2D eigenvalue weighted by molar-refractivity contribution is -0.178. The van der Waals surface area contributed by atoms with E-state index < -0.39 is 122 Å². The fourth-order valence-electron chi connectivity index (χ4n) is 9.38. The minimum absolute atomic E-state index is 0.00107. The van der Waals surface area contributed by atoms with E-state index >= 15 is 0 Å². The highest BCUT2D eigenvalue weighted by atomic mass is 35.5. The summed E-state index contributed by atoms with van der Waals surface area (Å²) in [5.74, 6) is 5.11. The summed E-state index contributed by atoms with van der Waals surface area (Å²) in [5, 5.41) is 18.3. The number of urea groups is 2. The van der Waals surface area contributed by atoms with Gasteiger partial charge in [-0.05, 0) is 49.9 Å². The number of alkyl halides is 6. The zero-order valence-electron chi connectivity index (χ0n) is 46.6. The molecule has 5 N–H and O–H groups in total. The Morgan fingerprint density at radius 3 is 1.50 bits per heavy atom. The SMILES string of the molecule is COc1cn[nH]c(=O)c1.COc1cnn(Cc2cc3c(cc2F)[C@@](C#CC2CC2)(C(C)(F)F)NC(=O)N3)c(=O)c1.O=C1Nc2cc(CCl)c(F)cc2[C@@](C#CC2CC2)(C(F)(F)F)N1.[B][B]B([B])B(B([B])[B])B(B(B([B])[B])B([B])[B])B(B([B])[B])B([B])[B]. The predicted octanol–water partition coefficient (Wildman–Crippen LogP) is -2.27. The van der Waals surface area contributed by atoms with Gasteiger partial charge in [0.05, 0.1) is 39.0 Å². The highest BCUT2D eigenvalue weighted by Crippen LogP contribution is 2.46. The molecule has 14 nitrogen and oxygen atoms in total. The zero-order chi connectivity index (χ0) is 64.4. The van der Waals surface area contributed by atoms with Gasteiger partial charge < -0.3 is 30.7 Å². The van der Waals surface area contributed by atoms with Gasteiger partial charge in [0.25, 0.3) is 17.0 Å². The number of nitrogens with zero attached hydrogens (tertiary/aromatic N) is 3. The van der Waals surface area contributed by atoms with Crippen LogP contribution in [0.5, 0.6) is 11.5 Å². The van der Waals surface area contributed by atoms with Gasteiger partial charge in [0.2, 0.25) is 5.54 Å². The minimum Gasteiger partial charge on any atom is -0.495 e. The molecular formula is C41H36B23ClF7N8O6. The highest BCUT2D eigenvalue weighted by molar-refractivity contribution is 8.22. The summed E-state index contributed by atoms with van der Waals surface area (Å²) < 4.78 is 110. The molecule has 25 radical (unpaired) electrons. The summed E-state index contributed by atoms with van der Waals surface area (Å²) in [6.45, 7) is 0.366. The Balaban J connectivity index is 0.000000222. The second kappa shape index (κ2) is 30.3. The van der Waals surface area contributed by atoms with E-state index in [1.165, 1.54) is 51.9 Å². The predicted molar refractivity (Wildman–Crippen MR) is 346 cm³/mol. The normalized spacial score (nSPS) is 16.9. The standard InChI is InChI=1S/C21H19F3N4O3.C15H11ClF4N2O.C5H6N2O2.B23/c1-20(23,24)21(6-5-12-3-4-12)15-9-16(22)13(7-17(15)26-19(30)27-21)11-28-18(29)8-14(31-2)10-25-28;16-7-9-5-12-10(6-11(9)17)14(15(18,19)20,22-13(23)21-12)4-3-8-1-2-8;1-9-4-2-5(8)7-6-3-4;1-13-19(12)22(18(10)11)23(20(14(2)3)15(4)5)21(16(6)7)17(8)9/h7-10,12H,3-4,11H2,1-2H3,(H2,26,27,30);5-6,8H,1-2,7H2,(H2,21,22,23);2-3H,1H3,(H,7,8);/t21-;14-;;/m00../s1. The van der Waals surface area contributed by atoms with Gasteiger partial charge in [-0.15, -0.1) is 11.6 Å². The third-order valence-corrected chi connectivity index (χ3v) is 14.4. The third kappa shape index (κ3) is 17.8. The fourth-order valence-corrected chi connectivity index (χ4v) is 9.58. The number of aromatic amines is 1. The number of hydrogen-bond donors (Lipinski definition) is 5. The summed E-state index contributed by atoms with van der Waals surface area (Å²) in [7, 11) is 74.2. The molecule has 2 aromatic heterocycles. The molecule has 45 heteroatoms. The average molecular weight is 1150 g/mol. The number of amides is 4. The van der Waals surface area contributed by atoms with Crippen LogP contribution >= 0.6 is 11.6 Å². The maximum absolute atomic E-state index is 15.0. The molecule has 4 aromatic rings.